The maximum absolute atomic E-state index is 10.1. The smallest absolute Gasteiger partial charge is 0.0800 e. The Kier molecular flexibility index (Phi) is 3.81. The zero-order valence-corrected chi connectivity index (χ0v) is 10.2. The minimum atomic E-state index is -0.225. The fourth-order valence-corrected chi connectivity index (χ4v) is 3.35. The Bertz CT molecular complexity index is 299. The lowest BCUT2D eigenvalue weighted by Crippen LogP contribution is -2.01. The van der Waals surface area contributed by atoms with Gasteiger partial charge >= 0.3 is 0 Å². The van der Waals surface area contributed by atoms with E-state index in [2.05, 4.69) is 18.4 Å². The standard InChI is InChI=1S/C13H20OS/c1-10-12(8-9-15-10)13(14)7-6-11-4-2-3-5-11/h8-9,11,13-14H,2-7H2,1H3. The molecule has 15 heavy (non-hydrogen) atoms. The van der Waals surface area contributed by atoms with E-state index in [1.54, 1.807) is 11.3 Å². The molecule has 1 nitrogen and oxygen atoms in total. The second-order valence-corrected chi connectivity index (χ2v) is 5.80. The summed E-state index contributed by atoms with van der Waals surface area (Å²) in [6.07, 6.45) is 7.50. The third-order valence-electron chi connectivity index (χ3n) is 3.58. The largest absolute Gasteiger partial charge is 0.388 e. The molecule has 0 radical (unpaired) electrons. The molecule has 1 aliphatic rings. The Morgan fingerprint density at radius 3 is 2.80 bits per heavy atom. The van der Waals surface area contributed by atoms with Crippen molar-refractivity contribution in [3.05, 3.63) is 21.9 Å². The van der Waals surface area contributed by atoms with Crippen LogP contribution in [-0.2, 0) is 0 Å². The van der Waals surface area contributed by atoms with Gasteiger partial charge in [0.2, 0.25) is 0 Å². The van der Waals surface area contributed by atoms with Crippen LogP contribution < -0.4 is 0 Å². The third-order valence-corrected chi connectivity index (χ3v) is 4.44. The summed E-state index contributed by atoms with van der Waals surface area (Å²) in [5.74, 6) is 0.888. The number of rotatable bonds is 4. The summed E-state index contributed by atoms with van der Waals surface area (Å²) in [7, 11) is 0. The second-order valence-electron chi connectivity index (χ2n) is 4.68. The van der Waals surface area contributed by atoms with Gasteiger partial charge in [0.1, 0.15) is 0 Å². The van der Waals surface area contributed by atoms with Crippen molar-refractivity contribution in [2.75, 3.05) is 0 Å². The highest BCUT2D eigenvalue weighted by atomic mass is 32.1. The number of hydrogen-bond acceptors (Lipinski definition) is 2. The zero-order valence-electron chi connectivity index (χ0n) is 9.41. The topological polar surface area (TPSA) is 20.2 Å². The lowest BCUT2D eigenvalue weighted by atomic mass is 9.97. The molecule has 0 spiro atoms. The van der Waals surface area contributed by atoms with Crippen LogP contribution >= 0.6 is 11.3 Å². The number of aryl methyl sites for hydroxylation is 1. The predicted molar refractivity (Wildman–Crippen MR) is 65.2 cm³/mol. The Labute approximate surface area is 96.1 Å². The molecule has 1 aromatic heterocycles. The van der Waals surface area contributed by atoms with E-state index in [1.807, 2.05) is 0 Å². The first-order valence-corrected chi connectivity index (χ1v) is 6.87. The highest BCUT2D eigenvalue weighted by Crippen LogP contribution is 2.32. The van der Waals surface area contributed by atoms with Gasteiger partial charge in [0, 0.05) is 4.88 Å². The molecule has 2 heteroatoms. The monoisotopic (exact) mass is 224 g/mol. The molecule has 0 saturated heterocycles. The quantitative estimate of drug-likeness (QED) is 0.817. The molecule has 1 aliphatic carbocycles. The minimum Gasteiger partial charge on any atom is -0.388 e. The van der Waals surface area contributed by atoms with Gasteiger partial charge in [0.05, 0.1) is 6.10 Å². The van der Waals surface area contributed by atoms with E-state index in [0.717, 1.165) is 17.9 Å². The fourth-order valence-electron chi connectivity index (χ4n) is 2.59. The van der Waals surface area contributed by atoms with Crippen molar-refractivity contribution in [2.45, 2.75) is 51.6 Å². The first-order valence-electron chi connectivity index (χ1n) is 5.99. The summed E-state index contributed by atoms with van der Waals surface area (Å²) in [6.45, 7) is 2.10. The molecule has 0 bridgehead atoms. The van der Waals surface area contributed by atoms with Crippen molar-refractivity contribution in [3.63, 3.8) is 0 Å². The van der Waals surface area contributed by atoms with Crippen molar-refractivity contribution in [2.24, 2.45) is 5.92 Å². The Hall–Kier alpha value is -0.340. The predicted octanol–water partition coefficient (Wildman–Crippen LogP) is 4.06. The van der Waals surface area contributed by atoms with Gasteiger partial charge in [0.25, 0.3) is 0 Å². The van der Waals surface area contributed by atoms with Gasteiger partial charge in [-0.1, -0.05) is 25.7 Å². The minimum absolute atomic E-state index is 0.225. The Morgan fingerprint density at radius 2 is 2.20 bits per heavy atom. The highest BCUT2D eigenvalue weighted by molar-refractivity contribution is 7.10. The lowest BCUT2D eigenvalue weighted by Gasteiger charge is -2.13. The number of thiophene rings is 1. The molecule has 1 saturated carbocycles. The molecular weight excluding hydrogens is 204 g/mol. The first kappa shape index (κ1) is 11.2. The van der Waals surface area contributed by atoms with Gasteiger partial charge in [-0.05, 0) is 42.7 Å². The van der Waals surface area contributed by atoms with E-state index in [9.17, 15) is 5.11 Å². The summed E-state index contributed by atoms with van der Waals surface area (Å²) in [5, 5.41) is 12.1. The molecule has 1 atom stereocenters. The van der Waals surface area contributed by atoms with Crippen molar-refractivity contribution in [1.29, 1.82) is 0 Å². The van der Waals surface area contributed by atoms with Crippen LogP contribution in [-0.4, -0.2) is 5.11 Å². The summed E-state index contributed by atoms with van der Waals surface area (Å²) in [4.78, 5) is 1.27. The van der Waals surface area contributed by atoms with Crippen LogP contribution in [0.25, 0.3) is 0 Å². The van der Waals surface area contributed by atoms with Crippen LogP contribution in [0.3, 0.4) is 0 Å². The van der Waals surface area contributed by atoms with E-state index in [4.69, 9.17) is 0 Å². The number of aliphatic hydroxyl groups is 1. The maximum Gasteiger partial charge on any atom is 0.0800 e. The third kappa shape index (κ3) is 2.82. The number of hydrogen-bond donors (Lipinski definition) is 1. The van der Waals surface area contributed by atoms with Gasteiger partial charge in [-0.15, -0.1) is 11.3 Å². The lowest BCUT2D eigenvalue weighted by molar-refractivity contribution is 0.157. The van der Waals surface area contributed by atoms with Crippen LogP contribution in [0.2, 0.25) is 0 Å². The van der Waals surface area contributed by atoms with Crippen LogP contribution in [0, 0.1) is 12.8 Å². The molecule has 2 rings (SSSR count). The average molecular weight is 224 g/mol. The van der Waals surface area contributed by atoms with Crippen LogP contribution in [0.1, 0.15) is 55.1 Å². The van der Waals surface area contributed by atoms with Crippen molar-refractivity contribution in [3.8, 4) is 0 Å². The molecule has 1 aromatic rings. The molecule has 0 amide bonds. The summed E-state index contributed by atoms with van der Waals surface area (Å²) in [5.41, 5.74) is 1.15. The van der Waals surface area contributed by atoms with E-state index < -0.39 is 0 Å². The van der Waals surface area contributed by atoms with E-state index in [0.29, 0.717) is 0 Å². The summed E-state index contributed by atoms with van der Waals surface area (Å²) < 4.78 is 0. The van der Waals surface area contributed by atoms with Crippen LogP contribution in [0.4, 0.5) is 0 Å². The van der Waals surface area contributed by atoms with Gasteiger partial charge in [0.15, 0.2) is 0 Å². The van der Waals surface area contributed by atoms with Gasteiger partial charge in [-0.2, -0.15) is 0 Å². The molecule has 0 aliphatic heterocycles. The average Bonchev–Trinajstić information content (AvgIpc) is 2.84. The van der Waals surface area contributed by atoms with Crippen LogP contribution in [0.5, 0.6) is 0 Å². The molecule has 1 N–H and O–H groups in total. The molecular formula is C13H20OS. The molecule has 1 heterocycles. The van der Waals surface area contributed by atoms with Gasteiger partial charge < -0.3 is 5.11 Å². The molecule has 84 valence electrons. The van der Waals surface area contributed by atoms with E-state index in [1.165, 1.54) is 37.0 Å². The Morgan fingerprint density at radius 1 is 1.47 bits per heavy atom. The van der Waals surface area contributed by atoms with E-state index >= 15 is 0 Å². The zero-order chi connectivity index (χ0) is 10.7. The van der Waals surface area contributed by atoms with E-state index in [-0.39, 0.29) is 6.10 Å². The Balaban J connectivity index is 1.81. The molecule has 1 unspecified atom stereocenters. The summed E-state index contributed by atoms with van der Waals surface area (Å²) >= 11 is 1.73. The van der Waals surface area contributed by atoms with Crippen molar-refractivity contribution < 1.29 is 5.11 Å². The second kappa shape index (κ2) is 5.13. The van der Waals surface area contributed by atoms with Gasteiger partial charge in [-0.3, -0.25) is 0 Å². The first-order chi connectivity index (χ1) is 7.27. The maximum atomic E-state index is 10.1. The van der Waals surface area contributed by atoms with Crippen molar-refractivity contribution >= 4 is 11.3 Å². The SMILES string of the molecule is Cc1sccc1C(O)CCC1CCCC1. The highest BCUT2D eigenvalue weighted by Gasteiger charge is 2.18. The number of aliphatic hydroxyl groups excluding tert-OH is 1. The fraction of sp³-hybridized carbons (Fsp3) is 0.692. The summed E-state index contributed by atoms with van der Waals surface area (Å²) in [6, 6.07) is 2.07. The van der Waals surface area contributed by atoms with Gasteiger partial charge in [-0.25, -0.2) is 0 Å². The normalized spacial score (nSPS) is 19.6. The van der Waals surface area contributed by atoms with Crippen LogP contribution in [0.15, 0.2) is 11.4 Å². The molecule has 1 fully saturated rings. The molecule has 0 aromatic carbocycles. The van der Waals surface area contributed by atoms with Crippen molar-refractivity contribution in [1.82, 2.24) is 0 Å².